The van der Waals surface area contributed by atoms with Gasteiger partial charge in [0.2, 0.25) is 12.7 Å². The van der Waals surface area contributed by atoms with Crippen LogP contribution in [-0.2, 0) is 28.2 Å². The predicted molar refractivity (Wildman–Crippen MR) is 176 cm³/mol. The van der Waals surface area contributed by atoms with E-state index in [4.69, 9.17) is 9.47 Å². The minimum atomic E-state index is 0. The van der Waals surface area contributed by atoms with Crippen LogP contribution in [0.1, 0.15) is 19.3 Å². The highest BCUT2D eigenvalue weighted by molar-refractivity contribution is 5.64. The van der Waals surface area contributed by atoms with Crippen LogP contribution in [0, 0.1) is 14.9 Å². The van der Waals surface area contributed by atoms with Crippen LogP contribution in [0.2, 0.25) is 0 Å². The molecule has 4 aromatic rings. The minimum Gasteiger partial charge on any atom is -0.495 e. The van der Waals surface area contributed by atoms with Crippen molar-refractivity contribution in [3.8, 4) is 11.5 Å². The normalized spacial score (nSPS) is 11.0. The molecule has 2 heterocycles. The fraction of sp³-hybridized carbons (Fsp3) is 0.419. The Labute approximate surface area is 267 Å². The van der Waals surface area contributed by atoms with E-state index in [9.17, 15) is 0 Å². The first-order valence-electron chi connectivity index (χ1n) is 14.1. The zero-order chi connectivity index (χ0) is 30.9. The molecule has 14 nitrogen and oxygen atoms in total. The highest BCUT2D eigenvalue weighted by atomic mass is 16.5. The highest BCUT2D eigenvalue weighted by Crippen LogP contribution is 2.34. The molecule has 0 aliphatic heterocycles. The number of unbranched alkanes of at least 4 members (excludes halogenated alkanes) is 2. The summed E-state index contributed by atoms with van der Waals surface area (Å²) in [5, 5.41) is 25.7. The van der Waals surface area contributed by atoms with Gasteiger partial charge in [0, 0.05) is 49.5 Å². The lowest BCUT2D eigenvalue weighted by atomic mass is 10.2. The van der Waals surface area contributed by atoms with Crippen LogP contribution in [0.15, 0.2) is 69.5 Å². The van der Waals surface area contributed by atoms with Crippen LogP contribution in [0.4, 0.5) is 34.6 Å². The summed E-state index contributed by atoms with van der Waals surface area (Å²) >= 11 is 0. The van der Waals surface area contributed by atoms with Crippen molar-refractivity contribution >= 4 is 34.6 Å². The van der Waals surface area contributed by atoms with Crippen LogP contribution in [-0.4, -0.2) is 61.0 Å². The van der Waals surface area contributed by atoms with Crippen LogP contribution < -0.4 is 28.4 Å². The van der Waals surface area contributed by atoms with Gasteiger partial charge in [-0.25, -0.2) is 9.13 Å². The highest BCUT2D eigenvalue weighted by Gasteiger charge is 2.15. The number of methoxy groups -OCH3 is 2. The Morgan fingerprint density at radius 1 is 0.667 bits per heavy atom. The van der Waals surface area contributed by atoms with Gasteiger partial charge in [-0.1, -0.05) is 10.2 Å². The first kappa shape index (κ1) is 36.3. The molecule has 0 amide bonds. The van der Waals surface area contributed by atoms with E-state index < -0.39 is 0 Å². The molecule has 0 fully saturated rings. The fourth-order valence-corrected chi connectivity index (χ4v) is 4.65. The number of hydrogen-bond acceptors (Lipinski definition) is 10. The second kappa shape index (κ2) is 16.8. The van der Waals surface area contributed by atoms with Crippen molar-refractivity contribution in [2.24, 2.45) is 48.6 Å². The zero-order valence-electron chi connectivity index (χ0n) is 28.3. The molecular formula is C31H48N12O2. The van der Waals surface area contributed by atoms with Crippen molar-refractivity contribution < 1.29 is 18.6 Å². The SMILES string of the molecule is COc1cc(N=Nc2n(C)nc[n+]2C)ccc1N(C)CCCCCN(C)c1ccc(N=Nc2n(C)nc[n+]2C)cc1OC.[CH3-].[CH3-]. The molecule has 0 unspecified atom stereocenters. The third-order valence-electron chi connectivity index (χ3n) is 7.15. The molecule has 0 saturated carbocycles. The maximum atomic E-state index is 5.67. The number of aryl methyl sites for hydroxylation is 4. The number of azo groups is 2. The van der Waals surface area contributed by atoms with Gasteiger partial charge in [0.05, 0.1) is 53.8 Å². The van der Waals surface area contributed by atoms with Crippen LogP contribution >= 0.6 is 0 Å². The Morgan fingerprint density at radius 3 is 1.40 bits per heavy atom. The largest absolute Gasteiger partial charge is 0.495 e. The Kier molecular flexibility index (Phi) is 13.6. The van der Waals surface area contributed by atoms with Crippen molar-refractivity contribution in [3.63, 3.8) is 0 Å². The second-order valence-electron chi connectivity index (χ2n) is 10.3. The van der Waals surface area contributed by atoms with Crippen LogP contribution in [0.3, 0.4) is 0 Å². The van der Waals surface area contributed by atoms with E-state index in [1.165, 1.54) is 0 Å². The molecule has 0 aliphatic carbocycles. The van der Waals surface area contributed by atoms with Crippen molar-refractivity contribution in [3.05, 3.63) is 63.9 Å². The molecule has 0 atom stereocenters. The summed E-state index contributed by atoms with van der Waals surface area (Å²) in [6.45, 7) is 1.81. The van der Waals surface area contributed by atoms with Gasteiger partial charge in [-0.2, -0.15) is 0 Å². The standard InChI is InChI=1S/C29H42N12O2.2CH3/c1-36(24-14-12-22(18-26(24)42-7)32-34-28-38(3)20-30-40(28)5)16-10-9-11-17-37(2)25-15-13-23(19-27(25)43-8)33-35-29-39(4)21-31-41(29)6;;/h12-15,18-21H,9-11,16-17H2,1-8H3;2*1H3/q+2;2*-1. The van der Waals surface area contributed by atoms with Crippen LogP contribution in [0.25, 0.3) is 0 Å². The molecule has 2 aromatic heterocycles. The van der Waals surface area contributed by atoms with Gasteiger partial charge >= 0.3 is 11.9 Å². The number of rotatable bonds is 14. The van der Waals surface area contributed by atoms with E-state index in [1.54, 1.807) is 36.2 Å². The number of ether oxygens (including phenoxy) is 2. The van der Waals surface area contributed by atoms with Gasteiger partial charge in [-0.05, 0) is 53.7 Å². The lowest BCUT2D eigenvalue weighted by Gasteiger charge is -2.23. The summed E-state index contributed by atoms with van der Waals surface area (Å²) in [5.41, 5.74) is 3.46. The molecule has 0 bridgehead atoms. The topological polar surface area (TPSA) is 118 Å². The molecule has 2 aromatic carbocycles. The number of hydrogen-bond donors (Lipinski definition) is 0. The molecule has 244 valence electrons. The summed E-state index contributed by atoms with van der Waals surface area (Å²) in [6, 6.07) is 11.7. The van der Waals surface area contributed by atoms with Crippen LogP contribution in [0.5, 0.6) is 11.5 Å². The summed E-state index contributed by atoms with van der Waals surface area (Å²) in [7, 11) is 14.9. The van der Waals surface area contributed by atoms with Gasteiger partial charge in [0.15, 0.2) is 0 Å². The van der Waals surface area contributed by atoms with E-state index in [0.717, 1.165) is 55.2 Å². The lowest BCUT2D eigenvalue weighted by Crippen LogP contribution is -2.25. The summed E-state index contributed by atoms with van der Waals surface area (Å²) in [5.74, 6) is 2.83. The molecule has 45 heavy (non-hydrogen) atoms. The van der Waals surface area contributed by atoms with Crippen molar-refractivity contribution in [2.75, 3.05) is 51.2 Å². The van der Waals surface area contributed by atoms with E-state index >= 15 is 0 Å². The summed E-state index contributed by atoms with van der Waals surface area (Å²) in [4.78, 5) is 4.43. The molecule has 0 radical (unpaired) electrons. The Hall–Kier alpha value is -4.88. The van der Waals surface area contributed by atoms with E-state index in [0.29, 0.717) is 23.3 Å². The number of anilines is 2. The second-order valence-corrected chi connectivity index (χ2v) is 10.3. The molecule has 0 saturated heterocycles. The Morgan fingerprint density at radius 2 is 1.07 bits per heavy atom. The van der Waals surface area contributed by atoms with Gasteiger partial charge in [0.1, 0.15) is 22.9 Å². The number of benzene rings is 2. The average molecular weight is 621 g/mol. The Bertz CT molecular complexity index is 1420. The van der Waals surface area contributed by atoms with Crippen molar-refractivity contribution in [1.29, 1.82) is 0 Å². The molecule has 14 heteroatoms. The monoisotopic (exact) mass is 620 g/mol. The molecule has 0 N–H and O–H groups in total. The van der Waals surface area contributed by atoms with Gasteiger partial charge in [-0.15, -0.1) is 9.36 Å². The molecule has 4 rings (SSSR count). The minimum absolute atomic E-state index is 0. The quantitative estimate of drug-likeness (QED) is 0.0818. The predicted octanol–water partition coefficient (Wildman–Crippen LogP) is 5.29. The molecule has 0 spiro atoms. The van der Waals surface area contributed by atoms with E-state index in [1.807, 2.05) is 73.7 Å². The summed E-state index contributed by atoms with van der Waals surface area (Å²) < 4.78 is 18.3. The fourth-order valence-electron chi connectivity index (χ4n) is 4.65. The smallest absolute Gasteiger partial charge is 0.403 e. The first-order chi connectivity index (χ1) is 20.7. The molecular weight excluding hydrogens is 572 g/mol. The van der Waals surface area contributed by atoms with Gasteiger partial charge in [0.25, 0.3) is 0 Å². The third kappa shape index (κ3) is 9.06. The Balaban J connectivity index is 0.00000353. The van der Waals surface area contributed by atoms with E-state index in [-0.39, 0.29) is 14.9 Å². The molecule has 0 aliphatic rings. The lowest BCUT2D eigenvalue weighted by molar-refractivity contribution is -0.659. The number of nitrogens with zero attached hydrogens (tertiary/aromatic N) is 12. The van der Waals surface area contributed by atoms with Gasteiger partial charge < -0.3 is 34.1 Å². The third-order valence-corrected chi connectivity index (χ3v) is 7.15. The van der Waals surface area contributed by atoms with Gasteiger partial charge in [-0.3, -0.25) is 0 Å². The van der Waals surface area contributed by atoms with E-state index in [2.05, 4.69) is 54.5 Å². The maximum Gasteiger partial charge on any atom is 0.403 e. The van der Waals surface area contributed by atoms with Crippen molar-refractivity contribution in [2.45, 2.75) is 19.3 Å². The van der Waals surface area contributed by atoms with Crippen molar-refractivity contribution in [1.82, 2.24) is 19.6 Å². The maximum absolute atomic E-state index is 5.67. The summed E-state index contributed by atoms with van der Waals surface area (Å²) in [6.07, 6.45) is 6.57. The average Bonchev–Trinajstić information content (AvgIpc) is 3.51. The number of aromatic nitrogens is 6. The zero-order valence-corrected chi connectivity index (χ0v) is 28.3. The first-order valence-corrected chi connectivity index (χ1v) is 14.1.